The van der Waals surface area contributed by atoms with Crippen molar-refractivity contribution in [2.45, 2.75) is 32.1 Å². The molecule has 2 aromatic heterocycles. The quantitative estimate of drug-likeness (QED) is 0.692. The number of piperidine rings is 1. The van der Waals surface area contributed by atoms with Crippen LogP contribution in [0, 0.1) is 12.7 Å². The molecular formula is C21H21FN4O2. The summed E-state index contributed by atoms with van der Waals surface area (Å²) in [5.41, 5.74) is 1.26. The number of carbonyl (C=O) groups is 1. The van der Waals surface area contributed by atoms with Gasteiger partial charge in [-0.05, 0) is 49.6 Å². The predicted molar refractivity (Wildman–Crippen MR) is 101 cm³/mol. The van der Waals surface area contributed by atoms with Crippen LogP contribution >= 0.6 is 0 Å². The third-order valence-corrected chi connectivity index (χ3v) is 5.30. The molecule has 1 saturated heterocycles. The summed E-state index contributed by atoms with van der Waals surface area (Å²) < 4.78 is 19.3. The Bertz CT molecular complexity index is 1000. The molecule has 28 heavy (non-hydrogen) atoms. The summed E-state index contributed by atoms with van der Waals surface area (Å²) in [5.74, 6) is 0.461. The van der Waals surface area contributed by atoms with Crippen molar-refractivity contribution >= 4 is 5.91 Å². The second-order valence-electron chi connectivity index (χ2n) is 7.51. The minimum atomic E-state index is -0.425. The predicted octanol–water partition coefficient (Wildman–Crippen LogP) is 3.77. The van der Waals surface area contributed by atoms with Crippen molar-refractivity contribution in [2.24, 2.45) is 0 Å². The maximum atomic E-state index is 13.9. The first-order valence-corrected chi connectivity index (χ1v) is 9.26. The van der Waals surface area contributed by atoms with E-state index < -0.39 is 5.41 Å². The van der Waals surface area contributed by atoms with Crippen LogP contribution < -0.4 is 0 Å². The van der Waals surface area contributed by atoms with Gasteiger partial charge in [0.1, 0.15) is 5.82 Å². The van der Waals surface area contributed by atoms with Crippen molar-refractivity contribution in [3.05, 3.63) is 65.5 Å². The molecule has 0 spiro atoms. The van der Waals surface area contributed by atoms with Gasteiger partial charge < -0.3 is 9.42 Å². The van der Waals surface area contributed by atoms with Gasteiger partial charge in [0.25, 0.3) is 11.8 Å². The molecule has 3 heterocycles. The van der Waals surface area contributed by atoms with Gasteiger partial charge in [0.2, 0.25) is 0 Å². The zero-order chi connectivity index (χ0) is 19.7. The number of hydrogen-bond acceptors (Lipinski definition) is 5. The van der Waals surface area contributed by atoms with E-state index >= 15 is 0 Å². The van der Waals surface area contributed by atoms with Gasteiger partial charge in [-0.2, -0.15) is 4.98 Å². The van der Waals surface area contributed by atoms with E-state index in [0.29, 0.717) is 35.9 Å². The first-order valence-electron chi connectivity index (χ1n) is 9.26. The summed E-state index contributed by atoms with van der Waals surface area (Å²) in [6.07, 6.45) is 5.00. The lowest BCUT2D eigenvalue weighted by Crippen LogP contribution is -2.47. The fourth-order valence-corrected chi connectivity index (χ4v) is 3.58. The first kappa shape index (κ1) is 18.3. The molecule has 1 amide bonds. The summed E-state index contributed by atoms with van der Waals surface area (Å²) >= 11 is 0. The number of aryl methyl sites for hydroxylation is 1. The highest BCUT2D eigenvalue weighted by atomic mass is 19.1. The van der Waals surface area contributed by atoms with Gasteiger partial charge >= 0.3 is 0 Å². The number of carbonyl (C=O) groups excluding carboxylic acids is 1. The number of nitrogens with zero attached hydrogens (tertiary/aromatic N) is 4. The number of benzene rings is 1. The van der Waals surface area contributed by atoms with Crippen LogP contribution in [0.1, 0.15) is 41.5 Å². The molecule has 0 N–H and O–H groups in total. The van der Waals surface area contributed by atoms with E-state index in [-0.39, 0.29) is 11.7 Å². The van der Waals surface area contributed by atoms with Crippen molar-refractivity contribution in [2.75, 3.05) is 13.1 Å². The molecule has 0 saturated carbocycles. The lowest BCUT2D eigenvalue weighted by Gasteiger charge is -2.38. The van der Waals surface area contributed by atoms with Gasteiger partial charge in [0.05, 0.1) is 0 Å². The highest BCUT2D eigenvalue weighted by Gasteiger charge is 2.38. The van der Waals surface area contributed by atoms with E-state index in [1.807, 2.05) is 19.1 Å². The summed E-state index contributed by atoms with van der Waals surface area (Å²) in [6.45, 7) is 4.79. The topological polar surface area (TPSA) is 72.1 Å². The van der Waals surface area contributed by atoms with E-state index in [4.69, 9.17) is 4.52 Å². The van der Waals surface area contributed by atoms with Gasteiger partial charge in [-0.1, -0.05) is 18.1 Å². The zero-order valence-electron chi connectivity index (χ0n) is 15.9. The minimum absolute atomic E-state index is 0.178. The van der Waals surface area contributed by atoms with Gasteiger partial charge in [0, 0.05) is 42.0 Å². The van der Waals surface area contributed by atoms with E-state index in [1.165, 1.54) is 6.07 Å². The molecule has 1 unspecified atom stereocenters. The highest BCUT2D eigenvalue weighted by Crippen LogP contribution is 2.33. The Morgan fingerprint density at radius 2 is 2.04 bits per heavy atom. The molecule has 144 valence electrons. The van der Waals surface area contributed by atoms with Crippen LogP contribution in [0.15, 0.2) is 47.2 Å². The Kier molecular flexibility index (Phi) is 4.66. The van der Waals surface area contributed by atoms with Crippen molar-refractivity contribution in [3.63, 3.8) is 0 Å². The Hall–Kier alpha value is -3.09. The summed E-state index contributed by atoms with van der Waals surface area (Å²) in [7, 11) is 0. The third-order valence-electron chi connectivity index (χ3n) is 5.30. The molecule has 0 radical (unpaired) electrons. The average Bonchev–Trinajstić information content (AvgIpc) is 3.21. The molecule has 1 aliphatic rings. The normalized spacial score (nSPS) is 19.6. The molecule has 0 aliphatic carbocycles. The molecule has 7 heteroatoms. The minimum Gasteiger partial charge on any atom is -0.338 e. The van der Waals surface area contributed by atoms with Crippen LogP contribution in [-0.4, -0.2) is 39.0 Å². The van der Waals surface area contributed by atoms with Crippen LogP contribution in [-0.2, 0) is 5.41 Å². The zero-order valence-corrected chi connectivity index (χ0v) is 15.9. The number of amides is 1. The molecule has 4 rings (SSSR count). The maximum absolute atomic E-state index is 13.9. The van der Waals surface area contributed by atoms with E-state index in [0.717, 1.165) is 18.4 Å². The van der Waals surface area contributed by atoms with Crippen molar-refractivity contribution < 1.29 is 13.7 Å². The number of hydrogen-bond donors (Lipinski definition) is 0. The molecule has 1 aliphatic heterocycles. The standard InChI is InChI=1S/C21H21FN4O2/c1-14-4-5-16(12-17(14)22)19(27)26-11-3-8-21(2,13-26)20-24-18(28-25-20)15-6-9-23-10-7-15/h4-7,9-10,12H,3,8,11,13H2,1-2H3. The second kappa shape index (κ2) is 7.14. The average molecular weight is 380 g/mol. The third kappa shape index (κ3) is 3.40. The SMILES string of the molecule is Cc1ccc(C(=O)N2CCCC(C)(c3noc(-c4ccncc4)n3)C2)cc1F. The van der Waals surface area contributed by atoms with Crippen LogP contribution in [0.5, 0.6) is 0 Å². The Labute approximate surface area is 162 Å². The van der Waals surface area contributed by atoms with Crippen LogP contribution in [0.4, 0.5) is 4.39 Å². The van der Waals surface area contributed by atoms with Gasteiger partial charge in [-0.15, -0.1) is 0 Å². The highest BCUT2D eigenvalue weighted by molar-refractivity contribution is 5.94. The summed E-state index contributed by atoms with van der Waals surface area (Å²) in [6, 6.07) is 8.22. The fraction of sp³-hybridized carbons (Fsp3) is 0.333. The van der Waals surface area contributed by atoms with E-state index in [1.54, 1.807) is 36.4 Å². The number of pyridine rings is 1. The number of halogens is 1. The summed E-state index contributed by atoms with van der Waals surface area (Å²) in [4.78, 5) is 23.2. The van der Waals surface area contributed by atoms with Gasteiger partial charge in [0.15, 0.2) is 5.82 Å². The Morgan fingerprint density at radius 1 is 1.25 bits per heavy atom. The van der Waals surface area contributed by atoms with Gasteiger partial charge in [-0.25, -0.2) is 4.39 Å². The Morgan fingerprint density at radius 3 is 2.79 bits per heavy atom. The monoisotopic (exact) mass is 380 g/mol. The van der Waals surface area contributed by atoms with E-state index in [2.05, 4.69) is 15.1 Å². The van der Waals surface area contributed by atoms with Crippen molar-refractivity contribution in [1.82, 2.24) is 20.0 Å². The second-order valence-corrected chi connectivity index (χ2v) is 7.51. The van der Waals surface area contributed by atoms with Crippen molar-refractivity contribution in [1.29, 1.82) is 0 Å². The molecule has 1 atom stereocenters. The van der Waals surface area contributed by atoms with Crippen LogP contribution in [0.3, 0.4) is 0 Å². The Balaban J connectivity index is 1.56. The molecule has 0 bridgehead atoms. The van der Waals surface area contributed by atoms with Gasteiger partial charge in [-0.3, -0.25) is 9.78 Å². The molecule has 1 aromatic carbocycles. The maximum Gasteiger partial charge on any atom is 0.258 e. The molecule has 6 nitrogen and oxygen atoms in total. The number of likely N-dealkylation sites (tertiary alicyclic amines) is 1. The molecule has 3 aromatic rings. The number of aromatic nitrogens is 3. The first-order chi connectivity index (χ1) is 13.5. The lowest BCUT2D eigenvalue weighted by molar-refractivity contribution is 0.0641. The molecule has 1 fully saturated rings. The van der Waals surface area contributed by atoms with Crippen LogP contribution in [0.25, 0.3) is 11.5 Å². The molecular weight excluding hydrogens is 359 g/mol. The van der Waals surface area contributed by atoms with Crippen molar-refractivity contribution in [3.8, 4) is 11.5 Å². The summed E-state index contributed by atoms with van der Waals surface area (Å²) in [5, 5.41) is 4.18. The van der Waals surface area contributed by atoms with Crippen LogP contribution in [0.2, 0.25) is 0 Å². The number of rotatable bonds is 3. The van der Waals surface area contributed by atoms with E-state index in [9.17, 15) is 9.18 Å². The smallest absolute Gasteiger partial charge is 0.258 e. The lowest BCUT2D eigenvalue weighted by atomic mass is 9.81. The largest absolute Gasteiger partial charge is 0.338 e. The fourth-order valence-electron chi connectivity index (χ4n) is 3.58.